The molecule has 0 saturated carbocycles. The van der Waals surface area contributed by atoms with Crippen molar-refractivity contribution in [2.24, 2.45) is 0 Å². The first-order valence-electron chi connectivity index (χ1n) is 10.5. The summed E-state index contributed by atoms with van der Waals surface area (Å²) in [4.78, 5) is 21.8. The Labute approximate surface area is 198 Å². The molecular weight excluding hydrogens is 456 g/mol. The average Bonchev–Trinajstić information content (AvgIpc) is 3.32. The van der Waals surface area contributed by atoms with Crippen LogP contribution in [-0.2, 0) is 16.6 Å². The Morgan fingerprint density at radius 2 is 1.85 bits per heavy atom. The Morgan fingerprint density at radius 1 is 1.09 bits per heavy atom. The van der Waals surface area contributed by atoms with Gasteiger partial charge in [-0.05, 0) is 18.2 Å². The lowest BCUT2D eigenvalue weighted by atomic mass is 10.2. The van der Waals surface area contributed by atoms with E-state index in [1.165, 1.54) is 12.1 Å². The number of hydrogen-bond acceptors (Lipinski definition) is 6. The van der Waals surface area contributed by atoms with Gasteiger partial charge in [-0.15, -0.1) is 17.8 Å². The van der Waals surface area contributed by atoms with Crippen LogP contribution in [0.2, 0.25) is 0 Å². The third-order valence-corrected chi connectivity index (χ3v) is 7.71. The lowest BCUT2D eigenvalue weighted by Gasteiger charge is -2.34. The maximum absolute atomic E-state index is 13.0. The van der Waals surface area contributed by atoms with E-state index in [4.69, 9.17) is 11.4 Å². The third-order valence-electron chi connectivity index (χ3n) is 5.37. The van der Waals surface area contributed by atoms with Gasteiger partial charge in [0.25, 0.3) is 5.91 Å². The number of amides is 1. The number of sulfonamides is 1. The Kier molecular flexibility index (Phi) is 7.20. The second kappa shape index (κ2) is 10.3. The number of aromatic nitrogens is 1. The van der Waals surface area contributed by atoms with E-state index in [2.05, 4.69) is 33.1 Å². The fourth-order valence-corrected chi connectivity index (χ4v) is 5.43. The van der Waals surface area contributed by atoms with Gasteiger partial charge in [0.2, 0.25) is 10.0 Å². The molecule has 0 radical (unpaired) electrons. The summed E-state index contributed by atoms with van der Waals surface area (Å²) in [5.74, 6) is 2.06. The van der Waals surface area contributed by atoms with Gasteiger partial charge in [-0.2, -0.15) is 4.72 Å². The number of terminal acetylenes is 1. The molecule has 0 bridgehead atoms. The molecule has 0 unspecified atom stereocenters. The second-order valence-electron chi connectivity index (χ2n) is 7.63. The summed E-state index contributed by atoms with van der Waals surface area (Å²) in [6, 6.07) is 16.2. The minimum absolute atomic E-state index is 0.0278. The van der Waals surface area contributed by atoms with Gasteiger partial charge in [-0.1, -0.05) is 42.3 Å². The molecule has 1 amide bonds. The number of piperazine rings is 1. The van der Waals surface area contributed by atoms with Crippen LogP contribution in [0, 0.1) is 12.3 Å². The largest absolute Gasteiger partial charge is 0.336 e. The molecule has 3 aromatic rings. The second-order valence-corrected chi connectivity index (χ2v) is 10.3. The molecule has 170 valence electrons. The number of carbonyl (C=O) groups is 1. The lowest BCUT2D eigenvalue weighted by molar-refractivity contribution is 0.0627. The van der Waals surface area contributed by atoms with Crippen molar-refractivity contribution < 1.29 is 13.2 Å². The summed E-state index contributed by atoms with van der Waals surface area (Å²) in [6.07, 6.45) is 5.13. The van der Waals surface area contributed by atoms with Crippen LogP contribution in [0.15, 0.2) is 64.9 Å². The summed E-state index contributed by atoms with van der Waals surface area (Å²) in [6.45, 7) is 3.23. The zero-order valence-electron chi connectivity index (χ0n) is 18.0. The van der Waals surface area contributed by atoms with Crippen molar-refractivity contribution in [3.8, 4) is 22.9 Å². The first-order valence-corrected chi connectivity index (χ1v) is 12.9. The Balaban J connectivity index is 1.35. The van der Waals surface area contributed by atoms with Crippen LogP contribution in [0.5, 0.6) is 0 Å². The van der Waals surface area contributed by atoms with Crippen LogP contribution < -0.4 is 4.72 Å². The minimum Gasteiger partial charge on any atom is -0.336 e. The molecule has 1 aromatic heterocycles. The van der Waals surface area contributed by atoms with Crippen molar-refractivity contribution in [3.63, 3.8) is 0 Å². The van der Waals surface area contributed by atoms with Crippen LogP contribution in [-0.4, -0.2) is 61.8 Å². The highest BCUT2D eigenvalue weighted by molar-refractivity contribution is 7.89. The van der Waals surface area contributed by atoms with E-state index in [-0.39, 0.29) is 17.3 Å². The molecule has 1 N–H and O–H groups in total. The van der Waals surface area contributed by atoms with E-state index in [0.29, 0.717) is 18.7 Å². The van der Waals surface area contributed by atoms with Crippen LogP contribution in [0.25, 0.3) is 10.6 Å². The van der Waals surface area contributed by atoms with Gasteiger partial charge in [-0.25, -0.2) is 13.4 Å². The van der Waals surface area contributed by atoms with Gasteiger partial charge < -0.3 is 4.90 Å². The van der Waals surface area contributed by atoms with E-state index in [0.717, 1.165) is 35.9 Å². The number of thiazole rings is 1. The van der Waals surface area contributed by atoms with Crippen molar-refractivity contribution in [1.82, 2.24) is 19.5 Å². The summed E-state index contributed by atoms with van der Waals surface area (Å²) >= 11 is 1.63. The molecule has 1 fully saturated rings. The van der Waals surface area contributed by atoms with Gasteiger partial charge in [0.15, 0.2) is 0 Å². The molecule has 7 nitrogen and oxygen atoms in total. The van der Waals surface area contributed by atoms with Crippen molar-refractivity contribution >= 4 is 27.3 Å². The van der Waals surface area contributed by atoms with Crippen molar-refractivity contribution in [3.05, 3.63) is 71.2 Å². The first-order chi connectivity index (χ1) is 16.0. The highest BCUT2D eigenvalue weighted by atomic mass is 32.2. The van der Waals surface area contributed by atoms with Crippen LogP contribution in [0.3, 0.4) is 0 Å². The number of rotatable bonds is 7. The van der Waals surface area contributed by atoms with Crippen molar-refractivity contribution in [2.75, 3.05) is 32.7 Å². The normalized spacial score (nSPS) is 14.7. The number of benzene rings is 2. The summed E-state index contributed by atoms with van der Waals surface area (Å²) in [5, 5.41) is 3.09. The van der Waals surface area contributed by atoms with E-state index in [1.54, 1.807) is 28.4 Å². The first kappa shape index (κ1) is 23.1. The molecular formula is C24H24N4O3S2. The molecule has 9 heteroatoms. The molecule has 0 aliphatic carbocycles. The zero-order chi connectivity index (χ0) is 23.3. The SMILES string of the molecule is C#CCNS(=O)(=O)c1cccc(C(=O)N2CCN(Cc3csc(-c4ccccc4)n3)CC2)c1. The number of carbonyl (C=O) groups excluding carboxylic acids is 1. The molecule has 33 heavy (non-hydrogen) atoms. The van der Waals surface area contributed by atoms with Crippen LogP contribution in [0.1, 0.15) is 16.1 Å². The fraction of sp³-hybridized carbons (Fsp3) is 0.250. The Bertz CT molecular complexity index is 1260. The predicted molar refractivity (Wildman–Crippen MR) is 129 cm³/mol. The van der Waals surface area contributed by atoms with Crippen molar-refractivity contribution in [2.45, 2.75) is 11.4 Å². The maximum atomic E-state index is 13.0. The van der Waals surface area contributed by atoms with Gasteiger partial charge in [-0.3, -0.25) is 9.69 Å². The predicted octanol–water partition coefficient (Wildman–Crippen LogP) is 2.68. The van der Waals surface area contributed by atoms with Gasteiger partial charge >= 0.3 is 0 Å². The van der Waals surface area contributed by atoms with E-state index < -0.39 is 10.0 Å². The molecule has 2 aromatic carbocycles. The molecule has 2 heterocycles. The highest BCUT2D eigenvalue weighted by Gasteiger charge is 2.24. The molecule has 1 aliphatic heterocycles. The molecule has 1 saturated heterocycles. The molecule has 1 aliphatic rings. The van der Waals surface area contributed by atoms with Crippen molar-refractivity contribution in [1.29, 1.82) is 0 Å². The minimum atomic E-state index is -3.75. The standard InChI is InChI=1S/C24H24N4O3S2/c1-2-11-25-33(30,31)22-10-6-9-20(16-22)24(29)28-14-12-27(13-15-28)17-21-18-32-23(26-21)19-7-4-3-5-8-19/h1,3-10,16,18,25H,11-15,17H2. The van der Waals surface area contributed by atoms with Crippen LogP contribution in [0.4, 0.5) is 0 Å². The molecule has 4 rings (SSSR count). The Hall–Kier alpha value is -3.03. The van der Waals surface area contributed by atoms with Gasteiger partial charge in [0.05, 0.1) is 17.1 Å². The number of hydrogen-bond donors (Lipinski definition) is 1. The van der Waals surface area contributed by atoms with Crippen LogP contribution >= 0.6 is 11.3 Å². The molecule has 0 spiro atoms. The number of nitrogens with zero attached hydrogens (tertiary/aromatic N) is 3. The summed E-state index contributed by atoms with van der Waals surface area (Å²) < 4.78 is 26.9. The summed E-state index contributed by atoms with van der Waals surface area (Å²) in [5.41, 5.74) is 2.48. The lowest BCUT2D eigenvalue weighted by Crippen LogP contribution is -2.48. The smallest absolute Gasteiger partial charge is 0.253 e. The highest BCUT2D eigenvalue weighted by Crippen LogP contribution is 2.24. The topological polar surface area (TPSA) is 82.6 Å². The maximum Gasteiger partial charge on any atom is 0.253 e. The third kappa shape index (κ3) is 5.67. The number of nitrogens with one attached hydrogen (secondary N) is 1. The van der Waals surface area contributed by atoms with E-state index in [9.17, 15) is 13.2 Å². The van der Waals surface area contributed by atoms with E-state index in [1.807, 2.05) is 18.2 Å². The van der Waals surface area contributed by atoms with Gasteiger partial charge in [0, 0.05) is 49.2 Å². The fourth-order valence-electron chi connectivity index (χ4n) is 3.63. The average molecular weight is 481 g/mol. The summed E-state index contributed by atoms with van der Waals surface area (Å²) in [7, 11) is -3.75. The quantitative estimate of drug-likeness (QED) is 0.526. The Morgan fingerprint density at radius 3 is 2.58 bits per heavy atom. The zero-order valence-corrected chi connectivity index (χ0v) is 19.6. The molecule has 0 atom stereocenters. The monoisotopic (exact) mass is 480 g/mol. The van der Waals surface area contributed by atoms with Gasteiger partial charge in [0.1, 0.15) is 5.01 Å². The van der Waals surface area contributed by atoms with E-state index >= 15 is 0 Å².